The number of nitrogens with zero attached hydrogens (tertiary/aromatic N) is 1. The van der Waals surface area contributed by atoms with Crippen LogP contribution >= 0.6 is 0 Å². The molecule has 3 N–H and O–H groups in total. The topological polar surface area (TPSA) is 81.0 Å². The molecule has 1 aliphatic rings. The minimum Gasteiger partial charge on any atom is -0.446 e. The van der Waals surface area contributed by atoms with Crippen molar-refractivity contribution < 1.29 is 9.53 Å². The van der Waals surface area contributed by atoms with Crippen molar-refractivity contribution in [3.8, 4) is 0 Å². The van der Waals surface area contributed by atoms with Gasteiger partial charge in [0.1, 0.15) is 11.9 Å². The predicted molar refractivity (Wildman–Crippen MR) is 54.3 cm³/mol. The highest BCUT2D eigenvalue weighted by Gasteiger charge is 2.25. The summed E-state index contributed by atoms with van der Waals surface area (Å²) in [6, 6.07) is 0. The van der Waals surface area contributed by atoms with Crippen LogP contribution in [0.2, 0.25) is 0 Å². The highest BCUT2D eigenvalue weighted by molar-refractivity contribution is 5.64. The van der Waals surface area contributed by atoms with Gasteiger partial charge in [0.15, 0.2) is 0 Å². The van der Waals surface area contributed by atoms with Crippen LogP contribution in [0.5, 0.6) is 0 Å². The van der Waals surface area contributed by atoms with Gasteiger partial charge in [-0.3, -0.25) is 0 Å². The number of nitrogens with two attached hydrogens (primary N) is 1. The van der Waals surface area contributed by atoms with E-state index >= 15 is 0 Å². The molecule has 5 nitrogen and oxygen atoms in total. The number of carbonyl (C=O) groups excluding carboxylic acids is 1. The van der Waals surface area contributed by atoms with Crippen molar-refractivity contribution in [1.82, 2.24) is 9.97 Å². The number of carbonyl (C=O) groups is 1. The number of rotatable bonds is 2. The van der Waals surface area contributed by atoms with Crippen molar-refractivity contribution in [1.29, 1.82) is 0 Å². The van der Waals surface area contributed by atoms with Crippen LogP contribution in [0.15, 0.2) is 12.4 Å². The number of ether oxygens (including phenoxy) is 1. The molecule has 0 saturated heterocycles. The summed E-state index contributed by atoms with van der Waals surface area (Å²) in [5, 5.41) is 0. The van der Waals surface area contributed by atoms with Crippen LogP contribution in [-0.4, -0.2) is 22.2 Å². The summed E-state index contributed by atoms with van der Waals surface area (Å²) in [5.74, 6) is 1.50. The fourth-order valence-electron chi connectivity index (χ4n) is 2.12. The lowest BCUT2D eigenvalue weighted by Crippen LogP contribution is -2.26. The number of hydrogen-bond acceptors (Lipinski definition) is 3. The summed E-state index contributed by atoms with van der Waals surface area (Å²) in [5.41, 5.74) is 4.97. The summed E-state index contributed by atoms with van der Waals surface area (Å²) < 4.78 is 4.97. The largest absolute Gasteiger partial charge is 0.446 e. The Morgan fingerprint density at radius 1 is 1.47 bits per heavy atom. The molecule has 0 aliphatic heterocycles. The molecule has 1 aliphatic carbocycles. The normalized spacial score (nSPS) is 26.1. The Bertz CT molecular complexity index is 315. The van der Waals surface area contributed by atoms with Gasteiger partial charge in [-0.25, -0.2) is 9.78 Å². The zero-order valence-electron chi connectivity index (χ0n) is 8.48. The van der Waals surface area contributed by atoms with E-state index < -0.39 is 6.09 Å². The quantitative estimate of drug-likeness (QED) is 0.775. The van der Waals surface area contributed by atoms with Crippen molar-refractivity contribution in [2.24, 2.45) is 5.73 Å². The molecule has 5 heteroatoms. The highest BCUT2D eigenvalue weighted by atomic mass is 16.6. The van der Waals surface area contributed by atoms with E-state index in [1.54, 1.807) is 6.20 Å². The van der Waals surface area contributed by atoms with Crippen LogP contribution in [0.1, 0.15) is 37.4 Å². The summed E-state index contributed by atoms with van der Waals surface area (Å²) in [7, 11) is 0. The highest BCUT2D eigenvalue weighted by Crippen LogP contribution is 2.31. The van der Waals surface area contributed by atoms with E-state index in [0.717, 1.165) is 31.5 Å². The third-order valence-corrected chi connectivity index (χ3v) is 2.86. The number of nitrogens with one attached hydrogen (secondary N) is 1. The van der Waals surface area contributed by atoms with Crippen molar-refractivity contribution in [2.75, 3.05) is 0 Å². The smallest absolute Gasteiger partial charge is 0.404 e. The van der Waals surface area contributed by atoms with Crippen LogP contribution < -0.4 is 5.73 Å². The zero-order chi connectivity index (χ0) is 10.7. The molecule has 2 rings (SSSR count). The van der Waals surface area contributed by atoms with Gasteiger partial charge in [0.25, 0.3) is 0 Å². The molecule has 0 unspecified atom stereocenters. The lowest BCUT2D eigenvalue weighted by atomic mass is 9.87. The van der Waals surface area contributed by atoms with Crippen LogP contribution in [0.3, 0.4) is 0 Å². The Labute approximate surface area is 88.0 Å². The molecule has 1 aromatic rings. The van der Waals surface area contributed by atoms with Crippen LogP contribution in [0.25, 0.3) is 0 Å². The minimum absolute atomic E-state index is 0.00582. The molecule has 1 amide bonds. The molecule has 15 heavy (non-hydrogen) atoms. The van der Waals surface area contributed by atoms with E-state index in [-0.39, 0.29) is 6.10 Å². The molecule has 1 aromatic heterocycles. The molecule has 1 heterocycles. The second-order valence-corrected chi connectivity index (χ2v) is 3.88. The lowest BCUT2D eigenvalue weighted by Gasteiger charge is -2.26. The molecule has 1 fully saturated rings. The third-order valence-electron chi connectivity index (χ3n) is 2.86. The number of aromatic nitrogens is 2. The van der Waals surface area contributed by atoms with Crippen molar-refractivity contribution in [3.05, 3.63) is 18.2 Å². The second kappa shape index (κ2) is 4.33. The maximum absolute atomic E-state index is 10.6. The fourth-order valence-corrected chi connectivity index (χ4v) is 2.12. The first-order chi connectivity index (χ1) is 7.25. The van der Waals surface area contributed by atoms with Gasteiger partial charge in [-0.2, -0.15) is 0 Å². The molecule has 0 spiro atoms. The first-order valence-electron chi connectivity index (χ1n) is 5.21. The Hall–Kier alpha value is -1.52. The molecule has 1 saturated carbocycles. The van der Waals surface area contributed by atoms with Crippen LogP contribution in [-0.2, 0) is 4.74 Å². The molecule has 0 radical (unpaired) electrons. The number of primary amides is 1. The van der Waals surface area contributed by atoms with Gasteiger partial charge in [-0.05, 0) is 25.7 Å². The van der Waals surface area contributed by atoms with Crippen LogP contribution in [0, 0.1) is 0 Å². The molecule has 0 aromatic carbocycles. The van der Waals surface area contributed by atoms with E-state index in [0.29, 0.717) is 5.92 Å². The Morgan fingerprint density at radius 2 is 2.20 bits per heavy atom. The summed E-state index contributed by atoms with van der Waals surface area (Å²) >= 11 is 0. The van der Waals surface area contributed by atoms with E-state index in [9.17, 15) is 4.79 Å². The average molecular weight is 209 g/mol. The Morgan fingerprint density at radius 3 is 2.73 bits per heavy atom. The van der Waals surface area contributed by atoms with Gasteiger partial charge in [0.2, 0.25) is 0 Å². The van der Waals surface area contributed by atoms with Gasteiger partial charge in [0.05, 0.1) is 0 Å². The van der Waals surface area contributed by atoms with Gasteiger partial charge in [0, 0.05) is 18.3 Å². The standard InChI is InChI=1S/C10H15N3O2/c11-10(14)15-8-3-1-7(2-4-8)9-12-5-6-13-9/h5-8H,1-4H2,(H2,11,14)(H,12,13). The van der Waals surface area contributed by atoms with Crippen molar-refractivity contribution in [3.63, 3.8) is 0 Å². The predicted octanol–water partition coefficient (Wildman–Crippen LogP) is 1.53. The SMILES string of the molecule is NC(=O)OC1CCC(c2ncc[nH]2)CC1. The monoisotopic (exact) mass is 209 g/mol. The molecule has 0 atom stereocenters. The number of aromatic amines is 1. The van der Waals surface area contributed by atoms with Crippen molar-refractivity contribution >= 4 is 6.09 Å². The lowest BCUT2D eigenvalue weighted by molar-refractivity contribution is 0.0781. The zero-order valence-corrected chi connectivity index (χ0v) is 8.48. The maximum atomic E-state index is 10.6. The summed E-state index contributed by atoms with van der Waals surface area (Å²) in [6.45, 7) is 0. The number of amides is 1. The Kier molecular flexibility index (Phi) is 2.89. The van der Waals surface area contributed by atoms with Gasteiger partial charge in [-0.1, -0.05) is 0 Å². The first-order valence-corrected chi connectivity index (χ1v) is 5.21. The van der Waals surface area contributed by atoms with E-state index in [4.69, 9.17) is 10.5 Å². The summed E-state index contributed by atoms with van der Waals surface area (Å²) in [6.07, 6.45) is 6.65. The first kappa shape index (κ1) is 10.0. The van der Waals surface area contributed by atoms with Crippen LogP contribution in [0.4, 0.5) is 4.79 Å². The molecular formula is C10H15N3O2. The molecular weight excluding hydrogens is 194 g/mol. The molecule has 0 bridgehead atoms. The summed E-state index contributed by atoms with van der Waals surface area (Å²) in [4.78, 5) is 17.9. The second-order valence-electron chi connectivity index (χ2n) is 3.88. The minimum atomic E-state index is -0.670. The third kappa shape index (κ3) is 2.49. The number of hydrogen-bond donors (Lipinski definition) is 2. The number of H-pyrrole nitrogens is 1. The van der Waals surface area contributed by atoms with Gasteiger partial charge >= 0.3 is 6.09 Å². The Balaban J connectivity index is 1.84. The number of imidazole rings is 1. The molecule has 82 valence electrons. The fraction of sp³-hybridized carbons (Fsp3) is 0.600. The van der Waals surface area contributed by atoms with E-state index in [1.807, 2.05) is 6.20 Å². The maximum Gasteiger partial charge on any atom is 0.404 e. The van der Waals surface area contributed by atoms with Crippen molar-refractivity contribution in [2.45, 2.75) is 37.7 Å². The van der Waals surface area contributed by atoms with E-state index in [1.165, 1.54) is 0 Å². The van der Waals surface area contributed by atoms with E-state index in [2.05, 4.69) is 9.97 Å². The van der Waals surface area contributed by atoms with Gasteiger partial charge in [-0.15, -0.1) is 0 Å². The average Bonchev–Trinajstić information content (AvgIpc) is 2.71. The van der Waals surface area contributed by atoms with Gasteiger partial charge < -0.3 is 15.5 Å².